The van der Waals surface area contributed by atoms with Crippen molar-refractivity contribution in [2.45, 2.75) is 4.90 Å². The van der Waals surface area contributed by atoms with Crippen LogP contribution in [0.15, 0.2) is 93.0 Å². The number of fused-ring (bicyclic) bond motifs is 1. The number of hydrogen-bond donors (Lipinski definition) is 2. The first-order chi connectivity index (χ1) is 15.4. The molecule has 32 heavy (non-hydrogen) atoms. The highest BCUT2D eigenvalue weighted by Gasteiger charge is 2.16. The van der Waals surface area contributed by atoms with Gasteiger partial charge in [0.2, 0.25) is 0 Å². The molecule has 162 valence electrons. The van der Waals surface area contributed by atoms with Crippen molar-refractivity contribution in [3.8, 4) is 5.75 Å². The van der Waals surface area contributed by atoms with Crippen molar-refractivity contribution >= 4 is 38.3 Å². The monoisotopic (exact) mass is 450 g/mol. The number of carbonyl (C=O) groups excluding carboxylic acids is 1. The normalized spacial score (nSPS) is 11.2. The number of benzene rings is 3. The van der Waals surface area contributed by atoms with Crippen LogP contribution in [0.25, 0.3) is 11.0 Å². The molecular formula is C23H18N2O6S. The third-order valence-electron chi connectivity index (χ3n) is 4.62. The lowest BCUT2D eigenvalue weighted by Gasteiger charge is -2.10. The lowest BCUT2D eigenvalue weighted by molar-refractivity contribution is 0.0997. The largest absolute Gasteiger partial charge is 0.497 e. The van der Waals surface area contributed by atoms with Gasteiger partial charge in [0.05, 0.1) is 17.4 Å². The predicted octanol–water partition coefficient (Wildman–Crippen LogP) is 3.85. The minimum Gasteiger partial charge on any atom is -0.497 e. The molecule has 0 aliphatic heterocycles. The van der Waals surface area contributed by atoms with Crippen LogP contribution in [0.3, 0.4) is 0 Å². The second kappa shape index (κ2) is 8.56. The van der Waals surface area contributed by atoms with Crippen LogP contribution in [-0.4, -0.2) is 21.4 Å². The zero-order valence-corrected chi connectivity index (χ0v) is 17.7. The SMILES string of the molecule is COc1ccc(NS(=O)(=O)c2ccc(NC(=O)c3cc(=O)c4ccccc4o3)cc2)cc1. The molecule has 0 fully saturated rings. The zero-order valence-electron chi connectivity index (χ0n) is 16.9. The Kier molecular flexibility index (Phi) is 5.65. The van der Waals surface area contributed by atoms with Crippen molar-refractivity contribution in [2.24, 2.45) is 0 Å². The molecule has 0 spiro atoms. The smallest absolute Gasteiger partial charge is 0.291 e. The number of sulfonamides is 1. The molecule has 1 amide bonds. The van der Waals surface area contributed by atoms with E-state index in [0.717, 1.165) is 6.07 Å². The molecule has 1 aromatic heterocycles. The summed E-state index contributed by atoms with van der Waals surface area (Å²) in [4.78, 5) is 24.7. The van der Waals surface area contributed by atoms with Gasteiger partial charge in [0, 0.05) is 17.4 Å². The molecule has 0 bridgehead atoms. The molecule has 1 heterocycles. The van der Waals surface area contributed by atoms with E-state index in [-0.39, 0.29) is 16.1 Å². The number of methoxy groups -OCH3 is 1. The van der Waals surface area contributed by atoms with Gasteiger partial charge in [-0.1, -0.05) is 12.1 Å². The second-order valence-electron chi connectivity index (χ2n) is 6.78. The van der Waals surface area contributed by atoms with Crippen molar-refractivity contribution in [1.29, 1.82) is 0 Å². The lowest BCUT2D eigenvalue weighted by Crippen LogP contribution is -2.15. The molecule has 0 aliphatic carbocycles. The summed E-state index contributed by atoms with van der Waals surface area (Å²) >= 11 is 0. The Morgan fingerprint density at radius 1 is 0.906 bits per heavy atom. The first-order valence-electron chi connectivity index (χ1n) is 9.47. The molecule has 3 aromatic carbocycles. The fourth-order valence-electron chi connectivity index (χ4n) is 3.00. The molecule has 0 aliphatic rings. The summed E-state index contributed by atoms with van der Waals surface area (Å²) in [5.41, 5.74) is 0.697. The van der Waals surface area contributed by atoms with Crippen LogP contribution in [0.4, 0.5) is 11.4 Å². The fraction of sp³-hybridized carbons (Fsp3) is 0.0435. The molecule has 0 radical (unpaired) electrons. The van der Waals surface area contributed by atoms with Crippen LogP contribution in [0, 0.1) is 0 Å². The second-order valence-corrected chi connectivity index (χ2v) is 8.47. The number of rotatable bonds is 6. The zero-order chi connectivity index (χ0) is 22.7. The summed E-state index contributed by atoms with van der Waals surface area (Å²) in [5.74, 6) is -0.165. The summed E-state index contributed by atoms with van der Waals surface area (Å²) < 4.78 is 38.2. The maximum atomic E-state index is 12.6. The molecule has 0 saturated heterocycles. The maximum Gasteiger partial charge on any atom is 0.291 e. The number of hydrogen-bond acceptors (Lipinski definition) is 6. The van der Waals surface area contributed by atoms with Crippen molar-refractivity contribution in [2.75, 3.05) is 17.1 Å². The van der Waals surface area contributed by atoms with E-state index in [2.05, 4.69) is 10.0 Å². The Morgan fingerprint density at radius 2 is 1.56 bits per heavy atom. The minimum atomic E-state index is -3.82. The molecular weight excluding hydrogens is 432 g/mol. The third-order valence-corrected chi connectivity index (χ3v) is 6.02. The predicted molar refractivity (Wildman–Crippen MR) is 121 cm³/mol. The van der Waals surface area contributed by atoms with Gasteiger partial charge in [0.1, 0.15) is 11.3 Å². The molecule has 8 nitrogen and oxygen atoms in total. The summed E-state index contributed by atoms with van der Waals surface area (Å²) in [6, 6.07) is 19.8. The quantitative estimate of drug-likeness (QED) is 0.461. The van der Waals surface area contributed by atoms with E-state index in [1.165, 1.54) is 31.4 Å². The van der Waals surface area contributed by atoms with E-state index in [0.29, 0.717) is 28.1 Å². The molecule has 4 rings (SSSR count). The summed E-state index contributed by atoms with van der Waals surface area (Å²) in [7, 11) is -2.30. The van der Waals surface area contributed by atoms with Gasteiger partial charge in [0.15, 0.2) is 11.2 Å². The molecule has 0 unspecified atom stereocenters. The molecule has 9 heteroatoms. The van der Waals surface area contributed by atoms with Crippen LogP contribution >= 0.6 is 0 Å². The lowest BCUT2D eigenvalue weighted by atomic mass is 10.2. The highest BCUT2D eigenvalue weighted by molar-refractivity contribution is 7.92. The molecule has 2 N–H and O–H groups in total. The Labute approximate surface area is 183 Å². The number of anilines is 2. The summed E-state index contributed by atoms with van der Waals surface area (Å²) in [6.45, 7) is 0. The van der Waals surface area contributed by atoms with Gasteiger partial charge < -0.3 is 14.5 Å². The van der Waals surface area contributed by atoms with Crippen LogP contribution in [0.1, 0.15) is 10.6 Å². The highest BCUT2D eigenvalue weighted by atomic mass is 32.2. The number of para-hydroxylation sites is 1. The van der Waals surface area contributed by atoms with E-state index < -0.39 is 15.9 Å². The summed E-state index contributed by atoms with van der Waals surface area (Å²) in [6.07, 6.45) is 0. The minimum absolute atomic E-state index is 0.0172. The maximum absolute atomic E-state index is 12.6. The van der Waals surface area contributed by atoms with Gasteiger partial charge >= 0.3 is 0 Å². The van der Waals surface area contributed by atoms with Crippen molar-refractivity contribution in [1.82, 2.24) is 0 Å². The van der Waals surface area contributed by atoms with E-state index in [9.17, 15) is 18.0 Å². The van der Waals surface area contributed by atoms with Gasteiger partial charge in [-0.3, -0.25) is 14.3 Å². The first-order valence-corrected chi connectivity index (χ1v) is 11.0. The standard InChI is InChI=1S/C23H18N2O6S/c1-30-17-10-6-16(7-11-17)25-32(28,29)18-12-8-15(9-13-18)24-23(27)22-14-20(26)19-4-2-3-5-21(19)31-22/h2-14,25H,1H3,(H,24,27). The average Bonchev–Trinajstić information content (AvgIpc) is 2.79. The molecule has 0 atom stereocenters. The molecule has 4 aromatic rings. The van der Waals surface area contributed by atoms with E-state index in [1.807, 2.05) is 0 Å². The number of nitrogens with one attached hydrogen (secondary N) is 2. The topological polar surface area (TPSA) is 115 Å². The molecule has 0 saturated carbocycles. The average molecular weight is 450 g/mol. The number of amides is 1. The van der Waals surface area contributed by atoms with Gasteiger partial charge in [-0.15, -0.1) is 0 Å². The van der Waals surface area contributed by atoms with Gasteiger partial charge in [-0.2, -0.15) is 0 Å². The number of ether oxygens (including phenoxy) is 1. The Hall–Kier alpha value is -4.11. The Morgan fingerprint density at radius 3 is 2.25 bits per heavy atom. The third kappa shape index (κ3) is 4.47. The van der Waals surface area contributed by atoms with Crippen molar-refractivity contribution in [3.63, 3.8) is 0 Å². The van der Waals surface area contributed by atoms with Crippen molar-refractivity contribution in [3.05, 3.63) is 94.8 Å². The van der Waals surface area contributed by atoms with Crippen LogP contribution in [0.5, 0.6) is 5.75 Å². The van der Waals surface area contributed by atoms with Crippen LogP contribution < -0.4 is 20.2 Å². The van der Waals surface area contributed by atoms with Crippen molar-refractivity contribution < 1.29 is 22.4 Å². The highest BCUT2D eigenvalue weighted by Crippen LogP contribution is 2.21. The van der Waals surface area contributed by atoms with E-state index >= 15 is 0 Å². The summed E-state index contributed by atoms with van der Waals surface area (Å²) in [5, 5.41) is 2.97. The van der Waals surface area contributed by atoms with Crippen LogP contribution in [-0.2, 0) is 10.0 Å². The first kappa shape index (κ1) is 21.1. The van der Waals surface area contributed by atoms with Crippen LogP contribution in [0.2, 0.25) is 0 Å². The van der Waals surface area contributed by atoms with E-state index in [4.69, 9.17) is 9.15 Å². The Balaban J connectivity index is 1.49. The van der Waals surface area contributed by atoms with Gasteiger partial charge in [-0.25, -0.2) is 8.42 Å². The number of carbonyl (C=O) groups is 1. The fourth-order valence-corrected chi connectivity index (χ4v) is 4.06. The van der Waals surface area contributed by atoms with Gasteiger partial charge in [0.25, 0.3) is 15.9 Å². The van der Waals surface area contributed by atoms with E-state index in [1.54, 1.807) is 48.5 Å². The van der Waals surface area contributed by atoms with Gasteiger partial charge in [-0.05, 0) is 60.7 Å². The Bertz CT molecular complexity index is 1440.